The molecular formula is C11H20N2S2. The first-order valence-corrected chi connectivity index (χ1v) is 6.85. The van der Waals surface area contributed by atoms with Crippen molar-refractivity contribution in [1.82, 2.24) is 9.80 Å². The van der Waals surface area contributed by atoms with E-state index in [1.54, 1.807) is 0 Å². The zero-order valence-corrected chi connectivity index (χ0v) is 10.9. The standard InChI is InChI=1S/C11H20N2S2/c14-11(15)13-8-4-10(5-9-13)12-6-2-1-3-7-12/h10H,1-9H2,(H,14,15). The van der Waals surface area contributed by atoms with Gasteiger partial charge in [-0.1, -0.05) is 18.6 Å². The third-order valence-corrected chi connectivity index (χ3v) is 4.18. The first-order valence-electron chi connectivity index (χ1n) is 5.99. The molecule has 86 valence electrons. The van der Waals surface area contributed by atoms with Crippen molar-refractivity contribution < 1.29 is 0 Å². The molecule has 0 N–H and O–H groups in total. The molecule has 2 rings (SSSR count). The summed E-state index contributed by atoms with van der Waals surface area (Å²) in [7, 11) is 0. The first kappa shape index (κ1) is 11.7. The Morgan fingerprint density at radius 1 is 1.00 bits per heavy atom. The van der Waals surface area contributed by atoms with E-state index in [0.29, 0.717) is 0 Å². The van der Waals surface area contributed by atoms with Crippen molar-refractivity contribution in [3.05, 3.63) is 0 Å². The van der Waals surface area contributed by atoms with E-state index in [1.807, 2.05) is 0 Å². The molecule has 2 fully saturated rings. The molecular weight excluding hydrogens is 224 g/mol. The van der Waals surface area contributed by atoms with Crippen LogP contribution in [0.25, 0.3) is 0 Å². The van der Waals surface area contributed by atoms with Crippen LogP contribution < -0.4 is 0 Å². The molecule has 15 heavy (non-hydrogen) atoms. The van der Waals surface area contributed by atoms with Crippen LogP contribution in [0, 0.1) is 0 Å². The van der Waals surface area contributed by atoms with Crippen LogP contribution in [0.4, 0.5) is 0 Å². The Morgan fingerprint density at radius 2 is 1.60 bits per heavy atom. The molecule has 2 aliphatic heterocycles. The van der Waals surface area contributed by atoms with Crippen LogP contribution in [0.5, 0.6) is 0 Å². The second kappa shape index (κ2) is 5.51. The topological polar surface area (TPSA) is 6.48 Å². The fourth-order valence-electron chi connectivity index (χ4n) is 2.71. The molecule has 0 radical (unpaired) electrons. The third kappa shape index (κ3) is 3.08. The highest BCUT2D eigenvalue weighted by Crippen LogP contribution is 2.21. The van der Waals surface area contributed by atoms with Gasteiger partial charge in [0.05, 0.1) is 0 Å². The fraction of sp³-hybridized carbons (Fsp3) is 0.909. The van der Waals surface area contributed by atoms with Gasteiger partial charge in [-0.05, 0) is 38.8 Å². The quantitative estimate of drug-likeness (QED) is 0.558. The molecule has 0 amide bonds. The lowest BCUT2D eigenvalue weighted by molar-refractivity contribution is 0.116. The summed E-state index contributed by atoms with van der Waals surface area (Å²) in [5, 5.41) is 0. The minimum atomic E-state index is 0.770. The average molecular weight is 244 g/mol. The molecule has 2 nitrogen and oxygen atoms in total. The lowest BCUT2D eigenvalue weighted by Gasteiger charge is -2.40. The molecule has 0 aromatic rings. The smallest absolute Gasteiger partial charge is 0.133 e. The van der Waals surface area contributed by atoms with Crippen LogP contribution in [0.15, 0.2) is 0 Å². The molecule has 2 saturated heterocycles. The number of thiocarbonyl (C=S) groups is 1. The van der Waals surface area contributed by atoms with Gasteiger partial charge in [0.25, 0.3) is 0 Å². The number of rotatable bonds is 1. The second-order valence-electron chi connectivity index (χ2n) is 4.60. The SMILES string of the molecule is S=C(S)N1CCC(N2CCCCC2)CC1. The minimum absolute atomic E-state index is 0.770. The van der Waals surface area contributed by atoms with E-state index in [0.717, 1.165) is 23.5 Å². The van der Waals surface area contributed by atoms with Crippen molar-refractivity contribution in [1.29, 1.82) is 0 Å². The molecule has 2 aliphatic rings. The molecule has 0 spiro atoms. The van der Waals surface area contributed by atoms with E-state index in [1.165, 1.54) is 45.2 Å². The average Bonchev–Trinajstić information content (AvgIpc) is 2.30. The van der Waals surface area contributed by atoms with Gasteiger partial charge in [0.15, 0.2) is 0 Å². The molecule has 0 unspecified atom stereocenters. The summed E-state index contributed by atoms with van der Waals surface area (Å²) in [6, 6.07) is 0.809. The Balaban J connectivity index is 1.79. The van der Waals surface area contributed by atoms with Crippen molar-refractivity contribution in [2.24, 2.45) is 0 Å². The maximum absolute atomic E-state index is 5.09. The summed E-state index contributed by atoms with van der Waals surface area (Å²) in [6.45, 7) is 4.83. The number of nitrogens with zero attached hydrogens (tertiary/aromatic N) is 2. The minimum Gasteiger partial charge on any atom is -0.358 e. The number of likely N-dealkylation sites (tertiary alicyclic amines) is 2. The van der Waals surface area contributed by atoms with Crippen LogP contribution >= 0.6 is 24.8 Å². The van der Waals surface area contributed by atoms with E-state index < -0.39 is 0 Å². The predicted octanol–water partition coefficient (Wildman–Crippen LogP) is 2.15. The highest BCUT2D eigenvalue weighted by molar-refractivity contribution is 8.10. The van der Waals surface area contributed by atoms with Gasteiger partial charge >= 0.3 is 0 Å². The predicted molar refractivity (Wildman–Crippen MR) is 71.6 cm³/mol. The van der Waals surface area contributed by atoms with E-state index in [-0.39, 0.29) is 0 Å². The Hall–Kier alpha value is 0.200. The van der Waals surface area contributed by atoms with Gasteiger partial charge < -0.3 is 9.80 Å². The summed E-state index contributed by atoms with van der Waals surface area (Å²) in [6.07, 6.45) is 6.74. The normalized spacial score (nSPS) is 25.5. The number of hydrogen-bond donors (Lipinski definition) is 1. The summed E-state index contributed by atoms with van der Waals surface area (Å²) >= 11 is 9.33. The van der Waals surface area contributed by atoms with Crippen LogP contribution in [-0.4, -0.2) is 46.3 Å². The largest absolute Gasteiger partial charge is 0.358 e. The Kier molecular flexibility index (Phi) is 4.29. The second-order valence-corrected chi connectivity index (χ2v) is 5.71. The van der Waals surface area contributed by atoms with Crippen LogP contribution in [0.1, 0.15) is 32.1 Å². The van der Waals surface area contributed by atoms with Crippen LogP contribution in [-0.2, 0) is 0 Å². The number of thiol groups is 1. The first-order chi connectivity index (χ1) is 7.27. The lowest BCUT2D eigenvalue weighted by atomic mass is 10.0. The Labute approximate surface area is 103 Å². The summed E-state index contributed by atoms with van der Waals surface area (Å²) in [5.41, 5.74) is 0. The monoisotopic (exact) mass is 244 g/mol. The van der Waals surface area contributed by atoms with Gasteiger partial charge in [-0.3, -0.25) is 0 Å². The van der Waals surface area contributed by atoms with Gasteiger partial charge in [-0.25, -0.2) is 0 Å². The Morgan fingerprint density at radius 3 is 2.13 bits per heavy atom. The summed E-state index contributed by atoms with van der Waals surface area (Å²) in [5.74, 6) is 0. The zero-order valence-electron chi connectivity index (χ0n) is 9.19. The van der Waals surface area contributed by atoms with Crippen molar-refractivity contribution in [2.75, 3.05) is 26.2 Å². The molecule has 0 saturated carbocycles. The maximum atomic E-state index is 5.09. The molecule has 0 aliphatic carbocycles. The molecule has 0 bridgehead atoms. The number of hydrogen-bond acceptors (Lipinski definition) is 2. The number of piperidine rings is 2. The van der Waals surface area contributed by atoms with E-state index in [9.17, 15) is 0 Å². The van der Waals surface area contributed by atoms with Gasteiger partial charge in [-0.15, -0.1) is 12.6 Å². The van der Waals surface area contributed by atoms with E-state index in [2.05, 4.69) is 22.4 Å². The third-order valence-electron chi connectivity index (χ3n) is 3.64. The van der Waals surface area contributed by atoms with Crippen molar-refractivity contribution in [3.63, 3.8) is 0 Å². The summed E-state index contributed by atoms with van der Waals surface area (Å²) in [4.78, 5) is 4.90. The molecule has 0 aromatic heterocycles. The van der Waals surface area contributed by atoms with Gasteiger partial charge in [-0.2, -0.15) is 0 Å². The molecule has 0 atom stereocenters. The van der Waals surface area contributed by atoms with Gasteiger partial charge in [0, 0.05) is 19.1 Å². The maximum Gasteiger partial charge on any atom is 0.133 e. The van der Waals surface area contributed by atoms with Crippen molar-refractivity contribution >= 4 is 29.2 Å². The van der Waals surface area contributed by atoms with Gasteiger partial charge in [0.2, 0.25) is 0 Å². The van der Waals surface area contributed by atoms with Crippen LogP contribution in [0.3, 0.4) is 0 Å². The van der Waals surface area contributed by atoms with Crippen molar-refractivity contribution in [2.45, 2.75) is 38.1 Å². The fourth-order valence-corrected chi connectivity index (χ4v) is 3.09. The Bertz CT molecular complexity index is 219. The van der Waals surface area contributed by atoms with Gasteiger partial charge in [0.1, 0.15) is 4.32 Å². The summed E-state index contributed by atoms with van der Waals surface area (Å²) < 4.78 is 0.770. The molecule has 0 aromatic carbocycles. The highest BCUT2D eigenvalue weighted by Gasteiger charge is 2.25. The molecule has 4 heteroatoms. The van der Waals surface area contributed by atoms with Crippen LogP contribution in [0.2, 0.25) is 0 Å². The molecule has 2 heterocycles. The van der Waals surface area contributed by atoms with E-state index >= 15 is 0 Å². The lowest BCUT2D eigenvalue weighted by Crippen LogP contribution is -2.47. The highest BCUT2D eigenvalue weighted by atomic mass is 32.1. The zero-order chi connectivity index (χ0) is 10.7. The van der Waals surface area contributed by atoms with Crippen molar-refractivity contribution in [3.8, 4) is 0 Å². The van der Waals surface area contributed by atoms with E-state index in [4.69, 9.17) is 12.2 Å².